The number of carbonyl (C=O) groups is 1. The Kier molecular flexibility index (Phi) is 5.31. The van der Waals surface area contributed by atoms with Gasteiger partial charge in [0.15, 0.2) is 0 Å². The van der Waals surface area contributed by atoms with E-state index < -0.39 is 29.4 Å². The molecule has 0 bridgehead atoms. The first kappa shape index (κ1) is 20.0. The van der Waals surface area contributed by atoms with E-state index in [1.165, 1.54) is 36.4 Å². The van der Waals surface area contributed by atoms with E-state index in [0.717, 1.165) is 4.57 Å². The Morgan fingerprint density at radius 2 is 1.86 bits per heavy atom. The summed E-state index contributed by atoms with van der Waals surface area (Å²) in [6, 6.07) is 11.4. The number of carbonyl (C=O) groups excluding carboxylic acids is 1. The molecule has 1 heterocycles. The van der Waals surface area contributed by atoms with E-state index in [2.05, 4.69) is 15.5 Å². The number of nitrogens with one attached hydrogen (secondary N) is 1. The van der Waals surface area contributed by atoms with Crippen LogP contribution in [0.5, 0.6) is 0 Å². The smallest absolute Gasteiger partial charge is 0.311 e. The molecule has 150 valence electrons. The zero-order valence-corrected chi connectivity index (χ0v) is 15.0. The van der Waals surface area contributed by atoms with Crippen LogP contribution in [0.2, 0.25) is 0 Å². The molecule has 1 amide bonds. The summed E-state index contributed by atoms with van der Waals surface area (Å²) in [5.74, 6) is -1.95. The SMILES string of the molecule is C/C(=N\NC(=O)Cn1c(C(F)(F)F)nc2ccccc21)c1ccc([N+](=O)[O-])cc1. The molecule has 11 heteroatoms. The highest BCUT2D eigenvalue weighted by molar-refractivity contribution is 5.99. The van der Waals surface area contributed by atoms with Gasteiger partial charge < -0.3 is 4.57 Å². The van der Waals surface area contributed by atoms with E-state index in [1.807, 2.05) is 0 Å². The molecule has 0 saturated carbocycles. The second-order valence-electron chi connectivity index (χ2n) is 6.04. The molecule has 2 aromatic carbocycles. The molecule has 0 saturated heterocycles. The number of imidazole rings is 1. The van der Waals surface area contributed by atoms with Crippen LogP contribution in [-0.2, 0) is 17.5 Å². The quantitative estimate of drug-likeness (QED) is 0.399. The molecule has 0 fully saturated rings. The summed E-state index contributed by atoms with van der Waals surface area (Å²) >= 11 is 0. The lowest BCUT2D eigenvalue weighted by Gasteiger charge is -2.10. The molecule has 3 rings (SSSR count). The van der Waals surface area contributed by atoms with Crippen LogP contribution in [-0.4, -0.2) is 26.1 Å². The van der Waals surface area contributed by atoms with Crippen LogP contribution in [0.15, 0.2) is 53.6 Å². The number of rotatable bonds is 5. The summed E-state index contributed by atoms with van der Waals surface area (Å²) in [7, 11) is 0. The van der Waals surface area contributed by atoms with Gasteiger partial charge in [-0.1, -0.05) is 12.1 Å². The van der Waals surface area contributed by atoms with Gasteiger partial charge in [0.25, 0.3) is 11.6 Å². The van der Waals surface area contributed by atoms with E-state index in [-0.39, 0.29) is 16.7 Å². The summed E-state index contributed by atoms with van der Waals surface area (Å²) in [5, 5.41) is 14.5. The van der Waals surface area contributed by atoms with Crippen molar-refractivity contribution < 1.29 is 22.9 Å². The number of non-ortho nitro benzene ring substituents is 1. The normalized spacial score (nSPS) is 12.2. The van der Waals surface area contributed by atoms with Crippen molar-refractivity contribution in [1.29, 1.82) is 0 Å². The van der Waals surface area contributed by atoms with Gasteiger partial charge >= 0.3 is 6.18 Å². The molecular formula is C18H14F3N5O3. The summed E-state index contributed by atoms with van der Waals surface area (Å²) in [6.07, 6.45) is -4.72. The first-order valence-electron chi connectivity index (χ1n) is 8.27. The molecule has 1 aromatic heterocycles. The average molecular weight is 405 g/mol. The number of nitro groups is 1. The number of hydrogen-bond acceptors (Lipinski definition) is 5. The van der Waals surface area contributed by atoms with Gasteiger partial charge in [0, 0.05) is 12.1 Å². The molecule has 8 nitrogen and oxygen atoms in total. The van der Waals surface area contributed by atoms with Crippen LogP contribution in [0.3, 0.4) is 0 Å². The number of benzene rings is 2. The minimum absolute atomic E-state index is 0.0998. The number of hydrogen-bond donors (Lipinski definition) is 1. The van der Waals surface area contributed by atoms with Crippen LogP contribution < -0.4 is 5.43 Å². The number of hydrazone groups is 1. The van der Waals surface area contributed by atoms with Gasteiger partial charge in [-0.05, 0) is 36.8 Å². The monoisotopic (exact) mass is 405 g/mol. The summed E-state index contributed by atoms with van der Waals surface area (Å²) in [6.45, 7) is 0.918. The van der Waals surface area contributed by atoms with E-state index >= 15 is 0 Å². The van der Waals surface area contributed by atoms with Crippen molar-refractivity contribution in [2.75, 3.05) is 0 Å². The predicted octanol–water partition coefficient (Wildman–Crippen LogP) is 3.50. The third kappa shape index (κ3) is 4.39. The molecule has 1 N–H and O–H groups in total. The number of para-hydroxylation sites is 2. The topological polar surface area (TPSA) is 102 Å². The predicted molar refractivity (Wildman–Crippen MR) is 98.2 cm³/mol. The van der Waals surface area contributed by atoms with Crippen molar-refractivity contribution in [3.8, 4) is 0 Å². The van der Waals surface area contributed by atoms with Gasteiger partial charge in [-0.25, -0.2) is 10.4 Å². The third-order valence-corrected chi connectivity index (χ3v) is 4.05. The fraction of sp³-hybridized carbons (Fsp3) is 0.167. The maximum absolute atomic E-state index is 13.3. The minimum Gasteiger partial charge on any atom is -0.311 e. The largest absolute Gasteiger partial charge is 0.449 e. The Balaban J connectivity index is 1.79. The Morgan fingerprint density at radius 3 is 2.48 bits per heavy atom. The molecule has 0 radical (unpaired) electrons. The highest BCUT2D eigenvalue weighted by atomic mass is 19.4. The second-order valence-corrected chi connectivity index (χ2v) is 6.04. The molecule has 0 atom stereocenters. The number of nitro benzene ring substituents is 1. The van der Waals surface area contributed by atoms with Crippen molar-refractivity contribution in [3.05, 3.63) is 70.0 Å². The van der Waals surface area contributed by atoms with Crippen LogP contribution >= 0.6 is 0 Å². The highest BCUT2D eigenvalue weighted by Crippen LogP contribution is 2.31. The number of nitrogens with zero attached hydrogens (tertiary/aromatic N) is 4. The number of alkyl halides is 3. The fourth-order valence-electron chi connectivity index (χ4n) is 2.67. The summed E-state index contributed by atoms with van der Waals surface area (Å²) < 4.78 is 40.6. The number of amides is 1. The maximum Gasteiger partial charge on any atom is 0.449 e. The van der Waals surface area contributed by atoms with Gasteiger partial charge in [-0.2, -0.15) is 18.3 Å². The zero-order valence-electron chi connectivity index (χ0n) is 15.0. The van der Waals surface area contributed by atoms with Crippen molar-refractivity contribution in [3.63, 3.8) is 0 Å². The van der Waals surface area contributed by atoms with Gasteiger partial charge in [0.05, 0.1) is 21.7 Å². The molecule has 0 spiro atoms. The Labute approximate surface area is 161 Å². The van der Waals surface area contributed by atoms with Gasteiger partial charge in [0.2, 0.25) is 5.82 Å². The van der Waals surface area contributed by atoms with Crippen molar-refractivity contribution in [2.45, 2.75) is 19.6 Å². The maximum atomic E-state index is 13.3. The van der Waals surface area contributed by atoms with Gasteiger partial charge in [-0.15, -0.1) is 0 Å². The number of fused-ring (bicyclic) bond motifs is 1. The molecule has 3 aromatic rings. The van der Waals surface area contributed by atoms with Crippen LogP contribution in [0.4, 0.5) is 18.9 Å². The van der Waals surface area contributed by atoms with Crippen LogP contribution in [0, 0.1) is 10.1 Å². The van der Waals surface area contributed by atoms with E-state index in [1.54, 1.807) is 19.1 Å². The fourth-order valence-corrected chi connectivity index (χ4v) is 2.67. The standard InChI is InChI=1S/C18H14F3N5O3/c1-11(12-6-8-13(9-7-12)26(28)29)23-24-16(27)10-25-15-5-3-2-4-14(15)22-17(25)18(19,20)21/h2-9H,10H2,1H3,(H,24,27)/b23-11+. The van der Waals surface area contributed by atoms with Crippen LogP contribution in [0.1, 0.15) is 18.3 Å². The second kappa shape index (κ2) is 7.70. The van der Waals surface area contributed by atoms with Crippen molar-refractivity contribution in [1.82, 2.24) is 15.0 Å². The molecule has 0 aliphatic heterocycles. The Hall–Kier alpha value is -3.76. The van der Waals surface area contributed by atoms with E-state index in [9.17, 15) is 28.1 Å². The lowest BCUT2D eigenvalue weighted by atomic mass is 10.1. The number of halogens is 3. The Bertz CT molecular complexity index is 1100. The van der Waals surface area contributed by atoms with Gasteiger partial charge in [0.1, 0.15) is 6.54 Å². The highest BCUT2D eigenvalue weighted by Gasteiger charge is 2.37. The van der Waals surface area contributed by atoms with Crippen molar-refractivity contribution in [2.24, 2.45) is 5.10 Å². The summed E-state index contributed by atoms with van der Waals surface area (Å²) in [4.78, 5) is 25.9. The summed E-state index contributed by atoms with van der Waals surface area (Å²) in [5.41, 5.74) is 3.24. The molecule has 0 aliphatic rings. The molecule has 29 heavy (non-hydrogen) atoms. The lowest BCUT2D eigenvalue weighted by Crippen LogP contribution is -2.27. The molecule has 0 aliphatic carbocycles. The molecular weight excluding hydrogens is 391 g/mol. The number of aromatic nitrogens is 2. The average Bonchev–Trinajstić information content (AvgIpc) is 3.05. The minimum atomic E-state index is -4.72. The first-order chi connectivity index (χ1) is 13.7. The van der Waals surface area contributed by atoms with Crippen LogP contribution in [0.25, 0.3) is 11.0 Å². The van der Waals surface area contributed by atoms with E-state index in [0.29, 0.717) is 11.3 Å². The first-order valence-corrected chi connectivity index (χ1v) is 8.27. The lowest BCUT2D eigenvalue weighted by molar-refractivity contribution is -0.384. The molecule has 0 unspecified atom stereocenters. The zero-order chi connectivity index (χ0) is 21.2. The Morgan fingerprint density at radius 1 is 1.21 bits per heavy atom. The van der Waals surface area contributed by atoms with E-state index in [4.69, 9.17) is 0 Å². The van der Waals surface area contributed by atoms with Crippen molar-refractivity contribution >= 4 is 28.3 Å². The van der Waals surface area contributed by atoms with Gasteiger partial charge in [-0.3, -0.25) is 14.9 Å². The third-order valence-electron chi connectivity index (χ3n) is 4.05.